The van der Waals surface area contributed by atoms with Crippen molar-refractivity contribution in [2.45, 2.75) is 6.42 Å². The number of hydrazone groups is 1. The van der Waals surface area contributed by atoms with Crippen molar-refractivity contribution in [2.75, 3.05) is 32.9 Å². The molecular formula is C26H25N3O5. The monoisotopic (exact) mass is 459 g/mol. The van der Waals surface area contributed by atoms with Gasteiger partial charge < -0.3 is 14.4 Å². The summed E-state index contributed by atoms with van der Waals surface area (Å²) in [6.07, 6.45) is 6.52. The van der Waals surface area contributed by atoms with Crippen molar-refractivity contribution >= 4 is 34.7 Å². The number of carbonyl (C=O) groups excluding carboxylic acids is 3. The lowest BCUT2D eigenvalue weighted by Crippen LogP contribution is -2.43. The Bertz CT molecular complexity index is 1200. The molecule has 2 aromatic carbocycles. The van der Waals surface area contributed by atoms with Crippen LogP contribution < -0.4 is 4.74 Å². The minimum absolute atomic E-state index is 0.111. The van der Waals surface area contributed by atoms with E-state index in [1.807, 2.05) is 30.3 Å². The zero-order valence-corrected chi connectivity index (χ0v) is 18.6. The molecule has 6 rings (SSSR count). The highest BCUT2D eigenvalue weighted by molar-refractivity contribution is 6.08. The third-order valence-corrected chi connectivity index (χ3v) is 7.40. The van der Waals surface area contributed by atoms with Crippen molar-refractivity contribution in [1.82, 2.24) is 9.91 Å². The lowest BCUT2D eigenvalue weighted by molar-refractivity contribution is -0.140. The molecule has 4 atom stereocenters. The molecule has 1 saturated carbocycles. The van der Waals surface area contributed by atoms with E-state index in [1.54, 1.807) is 11.0 Å². The molecule has 174 valence electrons. The molecule has 2 heterocycles. The smallest absolute Gasteiger partial charge is 0.260 e. The van der Waals surface area contributed by atoms with Gasteiger partial charge in [-0.15, -0.1) is 0 Å². The maximum atomic E-state index is 13.0. The van der Waals surface area contributed by atoms with Gasteiger partial charge in [0.05, 0.1) is 31.3 Å². The summed E-state index contributed by atoms with van der Waals surface area (Å²) in [6.45, 7) is 2.03. The molecule has 3 amide bonds. The van der Waals surface area contributed by atoms with Crippen LogP contribution in [0.2, 0.25) is 0 Å². The Hall–Kier alpha value is -3.52. The van der Waals surface area contributed by atoms with Gasteiger partial charge in [-0.1, -0.05) is 42.5 Å². The molecule has 2 saturated heterocycles. The first kappa shape index (κ1) is 21.0. The van der Waals surface area contributed by atoms with Gasteiger partial charge >= 0.3 is 0 Å². The molecule has 0 aromatic heterocycles. The van der Waals surface area contributed by atoms with E-state index < -0.39 is 0 Å². The predicted octanol–water partition coefficient (Wildman–Crippen LogP) is 2.22. The molecule has 0 N–H and O–H groups in total. The lowest BCUT2D eigenvalue weighted by atomic mass is 9.85. The minimum Gasteiger partial charge on any atom is -0.483 e. The molecule has 3 fully saturated rings. The van der Waals surface area contributed by atoms with E-state index in [1.165, 1.54) is 6.21 Å². The molecule has 0 radical (unpaired) electrons. The summed E-state index contributed by atoms with van der Waals surface area (Å²) in [4.78, 5) is 40.3. The second-order valence-corrected chi connectivity index (χ2v) is 9.21. The lowest BCUT2D eigenvalue weighted by Gasteiger charge is -2.26. The molecule has 34 heavy (non-hydrogen) atoms. The Morgan fingerprint density at radius 2 is 1.74 bits per heavy atom. The highest BCUT2D eigenvalue weighted by Gasteiger charge is 2.59. The van der Waals surface area contributed by atoms with Crippen molar-refractivity contribution in [3.05, 3.63) is 54.1 Å². The standard InChI is InChI=1S/C26H25N3O5/c30-22(28-9-11-33-12-10-28)15-34-21-8-7-16-3-1-2-4-19(16)20(21)14-27-29-25(31)23-17-5-6-18(13-17)24(23)26(29)32/h1-8,14,17-18,23-24H,9-13,15H2. The summed E-state index contributed by atoms with van der Waals surface area (Å²) < 4.78 is 11.2. The molecule has 4 unspecified atom stereocenters. The number of ether oxygens (including phenoxy) is 2. The van der Waals surface area contributed by atoms with Crippen LogP contribution in [0.25, 0.3) is 10.8 Å². The van der Waals surface area contributed by atoms with Crippen LogP contribution in [0.15, 0.2) is 53.7 Å². The van der Waals surface area contributed by atoms with Gasteiger partial charge in [0.15, 0.2) is 6.61 Å². The second kappa shape index (κ2) is 8.36. The Labute approximate surface area is 196 Å². The number of imide groups is 1. The average Bonchev–Trinajstić information content (AvgIpc) is 3.56. The van der Waals surface area contributed by atoms with Crippen LogP contribution in [0.1, 0.15) is 12.0 Å². The van der Waals surface area contributed by atoms with Crippen molar-refractivity contribution in [2.24, 2.45) is 28.8 Å². The van der Waals surface area contributed by atoms with Crippen LogP contribution in [-0.4, -0.2) is 66.8 Å². The van der Waals surface area contributed by atoms with Gasteiger partial charge in [0.25, 0.3) is 17.7 Å². The zero-order chi connectivity index (χ0) is 23.2. The highest BCUT2D eigenvalue weighted by Crippen LogP contribution is 2.52. The molecule has 8 heteroatoms. The predicted molar refractivity (Wildman–Crippen MR) is 124 cm³/mol. The summed E-state index contributed by atoms with van der Waals surface area (Å²) in [7, 11) is 0. The summed E-state index contributed by atoms with van der Waals surface area (Å²) in [5.41, 5.74) is 0.631. The largest absolute Gasteiger partial charge is 0.483 e. The van der Waals surface area contributed by atoms with Gasteiger partial charge in [-0.3, -0.25) is 14.4 Å². The molecule has 8 nitrogen and oxygen atoms in total. The summed E-state index contributed by atoms with van der Waals surface area (Å²) in [5.74, 6) is -0.418. The number of amides is 3. The van der Waals surface area contributed by atoms with Gasteiger partial charge in [0.1, 0.15) is 5.75 Å². The number of allylic oxidation sites excluding steroid dienone is 2. The first-order chi connectivity index (χ1) is 16.6. The topological polar surface area (TPSA) is 88.5 Å². The number of nitrogens with zero attached hydrogens (tertiary/aromatic N) is 3. The van der Waals surface area contributed by atoms with E-state index in [2.05, 4.69) is 17.3 Å². The molecule has 4 aliphatic rings. The van der Waals surface area contributed by atoms with Gasteiger partial charge in [-0.2, -0.15) is 10.1 Å². The van der Waals surface area contributed by atoms with Crippen molar-refractivity contribution in [1.29, 1.82) is 0 Å². The Balaban J connectivity index is 1.27. The van der Waals surface area contributed by atoms with Crippen LogP contribution in [0.4, 0.5) is 0 Å². The maximum absolute atomic E-state index is 13.0. The summed E-state index contributed by atoms with van der Waals surface area (Å²) >= 11 is 0. The van der Waals surface area contributed by atoms with E-state index in [0.717, 1.165) is 22.2 Å². The maximum Gasteiger partial charge on any atom is 0.260 e. The van der Waals surface area contributed by atoms with Gasteiger partial charge in [0, 0.05) is 18.7 Å². The van der Waals surface area contributed by atoms with Crippen molar-refractivity contribution in [3.63, 3.8) is 0 Å². The molecular weight excluding hydrogens is 434 g/mol. The Morgan fingerprint density at radius 3 is 2.47 bits per heavy atom. The van der Waals surface area contributed by atoms with Gasteiger partial charge in [-0.05, 0) is 35.1 Å². The SMILES string of the molecule is O=C(COc1ccc2ccccc2c1C=NN1C(=O)C2C3C=CC(C3)C2C1=O)N1CCOCC1. The fourth-order valence-electron chi connectivity index (χ4n) is 5.69. The summed E-state index contributed by atoms with van der Waals surface area (Å²) in [5, 5.41) is 7.22. The van der Waals surface area contributed by atoms with E-state index in [0.29, 0.717) is 37.6 Å². The highest BCUT2D eigenvalue weighted by atomic mass is 16.5. The normalized spacial score (nSPS) is 27.9. The molecule has 2 aliphatic carbocycles. The zero-order valence-electron chi connectivity index (χ0n) is 18.6. The number of benzene rings is 2. The molecule has 2 aromatic rings. The number of carbonyl (C=O) groups is 3. The first-order valence-corrected chi connectivity index (χ1v) is 11.7. The third kappa shape index (κ3) is 3.40. The van der Waals surface area contributed by atoms with Crippen molar-refractivity contribution < 1.29 is 23.9 Å². The van der Waals surface area contributed by atoms with Crippen LogP contribution in [0, 0.1) is 23.7 Å². The third-order valence-electron chi connectivity index (χ3n) is 7.40. The van der Waals surface area contributed by atoms with E-state index in [4.69, 9.17) is 9.47 Å². The summed E-state index contributed by atoms with van der Waals surface area (Å²) in [6, 6.07) is 11.4. The number of hydrogen-bond acceptors (Lipinski definition) is 6. The quantitative estimate of drug-likeness (QED) is 0.389. The van der Waals surface area contributed by atoms with E-state index >= 15 is 0 Å². The number of rotatable bonds is 5. The Morgan fingerprint density at radius 1 is 1.03 bits per heavy atom. The van der Waals surface area contributed by atoms with E-state index in [9.17, 15) is 14.4 Å². The number of fused-ring (bicyclic) bond motifs is 6. The molecule has 2 aliphatic heterocycles. The molecule has 0 spiro atoms. The first-order valence-electron chi connectivity index (χ1n) is 11.7. The minimum atomic E-state index is -0.297. The van der Waals surface area contributed by atoms with Crippen LogP contribution >= 0.6 is 0 Å². The Kier molecular flexibility index (Phi) is 5.17. The van der Waals surface area contributed by atoms with E-state index in [-0.39, 0.29) is 48.0 Å². The fraction of sp³-hybridized carbons (Fsp3) is 0.385. The van der Waals surface area contributed by atoms with Crippen LogP contribution in [0.5, 0.6) is 5.75 Å². The fourth-order valence-corrected chi connectivity index (χ4v) is 5.69. The second-order valence-electron chi connectivity index (χ2n) is 9.21. The van der Waals surface area contributed by atoms with Crippen LogP contribution in [-0.2, 0) is 19.1 Å². The number of hydrogen-bond donors (Lipinski definition) is 0. The molecule has 2 bridgehead atoms. The van der Waals surface area contributed by atoms with Crippen LogP contribution in [0.3, 0.4) is 0 Å². The average molecular weight is 460 g/mol. The van der Waals surface area contributed by atoms with Gasteiger partial charge in [-0.25, -0.2) is 0 Å². The van der Waals surface area contributed by atoms with Gasteiger partial charge in [0.2, 0.25) is 0 Å². The number of morpholine rings is 1. The van der Waals surface area contributed by atoms with Crippen molar-refractivity contribution in [3.8, 4) is 5.75 Å².